The van der Waals surface area contributed by atoms with E-state index < -0.39 is 7.12 Å². The van der Waals surface area contributed by atoms with Gasteiger partial charge in [-0.05, 0) is 25.7 Å². The zero-order chi connectivity index (χ0) is 7.44. The molecular formula is C6H13BO2. The molecule has 0 radical (unpaired) electrons. The lowest BCUT2D eigenvalue weighted by molar-refractivity contribution is 0.418. The lowest BCUT2D eigenvalue weighted by Gasteiger charge is -2.02. The molecule has 52 valence electrons. The molecule has 9 heavy (non-hydrogen) atoms. The summed E-state index contributed by atoms with van der Waals surface area (Å²) in [5, 5.41) is 17.2. The van der Waals surface area contributed by atoms with Gasteiger partial charge in [-0.25, -0.2) is 0 Å². The number of hydrogen-bond acceptors (Lipinski definition) is 2. The summed E-state index contributed by atoms with van der Waals surface area (Å²) in [5.74, 6) is 0. The van der Waals surface area contributed by atoms with Crippen molar-refractivity contribution in [1.82, 2.24) is 0 Å². The zero-order valence-electron chi connectivity index (χ0n) is 6.18. The van der Waals surface area contributed by atoms with Gasteiger partial charge in [-0.1, -0.05) is 12.5 Å². The first-order valence-corrected chi connectivity index (χ1v) is 3.12. The fraction of sp³-hybridized carbons (Fsp3) is 0.667. The van der Waals surface area contributed by atoms with Gasteiger partial charge in [-0.3, -0.25) is 0 Å². The molecule has 0 saturated heterocycles. The van der Waals surface area contributed by atoms with Crippen LogP contribution in [0.1, 0.15) is 27.2 Å². The SMILES string of the molecule is CC/C(C)=C(\C)B(O)O. The van der Waals surface area contributed by atoms with E-state index in [2.05, 4.69) is 0 Å². The molecule has 0 saturated carbocycles. The second kappa shape index (κ2) is 3.69. The monoisotopic (exact) mass is 128 g/mol. The van der Waals surface area contributed by atoms with E-state index in [0.717, 1.165) is 12.0 Å². The van der Waals surface area contributed by atoms with Crippen LogP contribution in [0.15, 0.2) is 11.0 Å². The summed E-state index contributed by atoms with van der Waals surface area (Å²) in [6.07, 6.45) is 0.878. The van der Waals surface area contributed by atoms with Crippen LogP contribution in [0, 0.1) is 0 Å². The maximum Gasteiger partial charge on any atom is 0.483 e. The molecule has 0 rings (SSSR count). The molecule has 0 heterocycles. The van der Waals surface area contributed by atoms with Crippen LogP contribution in [0.3, 0.4) is 0 Å². The molecule has 0 aromatic carbocycles. The Balaban J connectivity index is 4.10. The Kier molecular flexibility index (Phi) is 3.58. The Bertz CT molecular complexity index is 118. The van der Waals surface area contributed by atoms with Crippen molar-refractivity contribution >= 4 is 7.12 Å². The number of rotatable bonds is 2. The summed E-state index contributed by atoms with van der Waals surface area (Å²) in [6.45, 7) is 5.61. The van der Waals surface area contributed by atoms with Crippen molar-refractivity contribution in [3.8, 4) is 0 Å². The summed E-state index contributed by atoms with van der Waals surface area (Å²) in [5.41, 5.74) is 1.71. The highest BCUT2D eigenvalue weighted by Gasteiger charge is 2.10. The highest BCUT2D eigenvalue weighted by atomic mass is 16.4. The second-order valence-corrected chi connectivity index (χ2v) is 2.19. The predicted molar refractivity (Wildman–Crippen MR) is 38.9 cm³/mol. The first-order valence-electron chi connectivity index (χ1n) is 3.12. The van der Waals surface area contributed by atoms with Crippen molar-refractivity contribution in [1.29, 1.82) is 0 Å². The molecular weight excluding hydrogens is 115 g/mol. The molecule has 0 bridgehead atoms. The summed E-state index contributed by atoms with van der Waals surface area (Å²) < 4.78 is 0. The third-order valence-corrected chi connectivity index (χ3v) is 1.59. The molecule has 0 fully saturated rings. The van der Waals surface area contributed by atoms with Gasteiger partial charge in [0.25, 0.3) is 0 Å². The molecule has 3 heteroatoms. The minimum atomic E-state index is -1.27. The van der Waals surface area contributed by atoms with Gasteiger partial charge < -0.3 is 10.0 Å². The van der Waals surface area contributed by atoms with Crippen molar-refractivity contribution in [2.24, 2.45) is 0 Å². The van der Waals surface area contributed by atoms with E-state index in [4.69, 9.17) is 10.0 Å². The van der Waals surface area contributed by atoms with E-state index in [9.17, 15) is 0 Å². The lowest BCUT2D eigenvalue weighted by Crippen LogP contribution is -2.14. The van der Waals surface area contributed by atoms with Crippen LogP contribution in [0.2, 0.25) is 0 Å². The molecule has 0 aliphatic heterocycles. The van der Waals surface area contributed by atoms with E-state index in [-0.39, 0.29) is 0 Å². The first-order chi connectivity index (χ1) is 4.09. The van der Waals surface area contributed by atoms with Crippen molar-refractivity contribution in [3.63, 3.8) is 0 Å². The average molecular weight is 128 g/mol. The van der Waals surface area contributed by atoms with Crippen LogP contribution in [-0.2, 0) is 0 Å². The molecule has 0 atom stereocenters. The van der Waals surface area contributed by atoms with E-state index in [0.29, 0.717) is 5.47 Å². The normalized spacial score (nSPS) is 13.0. The predicted octanol–water partition coefficient (Wildman–Crippen LogP) is 0.745. The minimum absolute atomic E-state index is 0.664. The minimum Gasteiger partial charge on any atom is -0.423 e. The Hall–Kier alpha value is -0.275. The van der Waals surface area contributed by atoms with Crippen LogP contribution in [0.5, 0.6) is 0 Å². The highest BCUT2D eigenvalue weighted by molar-refractivity contribution is 6.50. The third-order valence-electron chi connectivity index (χ3n) is 1.59. The van der Waals surface area contributed by atoms with Crippen LogP contribution >= 0.6 is 0 Å². The van der Waals surface area contributed by atoms with Gasteiger partial charge in [-0.2, -0.15) is 0 Å². The molecule has 0 spiro atoms. The zero-order valence-corrected chi connectivity index (χ0v) is 6.18. The fourth-order valence-electron chi connectivity index (χ4n) is 0.499. The van der Waals surface area contributed by atoms with Gasteiger partial charge >= 0.3 is 7.12 Å². The van der Waals surface area contributed by atoms with Gasteiger partial charge in [0.1, 0.15) is 0 Å². The molecule has 0 aromatic rings. The largest absolute Gasteiger partial charge is 0.483 e. The van der Waals surface area contributed by atoms with Gasteiger partial charge in [0.15, 0.2) is 0 Å². The van der Waals surface area contributed by atoms with Gasteiger partial charge in [0, 0.05) is 0 Å². The lowest BCUT2D eigenvalue weighted by atomic mass is 9.77. The number of hydrogen-bond donors (Lipinski definition) is 2. The summed E-state index contributed by atoms with van der Waals surface area (Å²) in [6, 6.07) is 0. The highest BCUT2D eigenvalue weighted by Crippen LogP contribution is 2.06. The number of allylic oxidation sites excluding steroid dienone is 2. The molecule has 0 aliphatic carbocycles. The Morgan fingerprint density at radius 3 is 1.89 bits per heavy atom. The quantitative estimate of drug-likeness (QED) is 0.538. The summed E-state index contributed by atoms with van der Waals surface area (Å²) >= 11 is 0. The second-order valence-electron chi connectivity index (χ2n) is 2.19. The van der Waals surface area contributed by atoms with Crippen LogP contribution < -0.4 is 0 Å². The van der Waals surface area contributed by atoms with Crippen molar-refractivity contribution in [3.05, 3.63) is 11.0 Å². The topological polar surface area (TPSA) is 40.5 Å². The van der Waals surface area contributed by atoms with E-state index in [1.807, 2.05) is 13.8 Å². The van der Waals surface area contributed by atoms with Gasteiger partial charge in [0.2, 0.25) is 0 Å². The van der Waals surface area contributed by atoms with E-state index in [1.165, 1.54) is 0 Å². The van der Waals surface area contributed by atoms with E-state index >= 15 is 0 Å². The van der Waals surface area contributed by atoms with Crippen LogP contribution in [-0.4, -0.2) is 17.2 Å². The average Bonchev–Trinajstić information content (AvgIpc) is 1.84. The van der Waals surface area contributed by atoms with Gasteiger partial charge in [-0.15, -0.1) is 0 Å². The molecule has 2 N–H and O–H groups in total. The smallest absolute Gasteiger partial charge is 0.423 e. The summed E-state index contributed by atoms with van der Waals surface area (Å²) in [7, 11) is -1.27. The van der Waals surface area contributed by atoms with Crippen molar-refractivity contribution < 1.29 is 10.0 Å². The van der Waals surface area contributed by atoms with E-state index in [1.54, 1.807) is 6.92 Å². The van der Waals surface area contributed by atoms with Crippen molar-refractivity contribution in [2.75, 3.05) is 0 Å². The molecule has 2 nitrogen and oxygen atoms in total. The fourth-order valence-corrected chi connectivity index (χ4v) is 0.499. The first kappa shape index (κ1) is 8.72. The third kappa shape index (κ3) is 2.68. The maximum absolute atomic E-state index is 8.62. The Labute approximate surface area is 56.4 Å². The summed E-state index contributed by atoms with van der Waals surface area (Å²) in [4.78, 5) is 0. The van der Waals surface area contributed by atoms with Crippen molar-refractivity contribution in [2.45, 2.75) is 27.2 Å². The molecule has 0 unspecified atom stereocenters. The van der Waals surface area contributed by atoms with Crippen LogP contribution in [0.25, 0.3) is 0 Å². The maximum atomic E-state index is 8.62. The molecule has 0 amide bonds. The molecule has 0 aliphatic rings. The molecule has 0 aromatic heterocycles. The van der Waals surface area contributed by atoms with Gasteiger partial charge in [0.05, 0.1) is 0 Å². The van der Waals surface area contributed by atoms with Crippen LogP contribution in [0.4, 0.5) is 0 Å². The standard InChI is InChI=1S/C6H13BO2/c1-4-5(2)6(3)7(8)9/h8-9H,4H2,1-3H3/b6-5+. The Morgan fingerprint density at radius 2 is 1.78 bits per heavy atom. The Morgan fingerprint density at radius 1 is 1.33 bits per heavy atom.